The van der Waals surface area contributed by atoms with Gasteiger partial charge in [0, 0.05) is 0 Å². The molecular weight excluding hydrogens is 719 g/mol. The Hall–Kier alpha value is 2.99. The monoisotopic (exact) mass is 734 g/mol. The standard InChI is InChI=1S/C12H21Br6O4P/c1-4-7-10(13,14)20-23(19,21-11(15,16)8-5-2)22-12(17,18)9-6-3/h4-9H2,1-3H3. The van der Waals surface area contributed by atoms with E-state index in [9.17, 15) is 4.57 Å². The van der Waals surface area contributed by atoms with Gasteiger partial charge < -0.3 is 0 Å². The Morgan fingerprint density at radius 2 is 0.870 bits per heavy atom. The molecule has 0 aliphatic carbocycles. The van der Waals surface area contributed by atoms with Gasteiger partial charge in [0.05, 0.1) is 0 Å². The first-order valence-corrected chi connectivity index (χ1v) is 13.4. The zero-order valence-electron chi connectivity index (χ0n) is 13.1. The summed E-state index contributed by atoms with van der Waals surface area (Å²) in [5.74, 6) is 0. The lowest BCUT2D eigenvalue weighted by Crippen LogP contribution is -2.25. The van der Waals surface area contributed by atoms with Crippen LogP contribution >= 0.6 is 103 Å². The van der Waals surface area contributed by atoms with E-state index < -0.39 is 18.1 Å². The van der Waals surface area contributed by atoms with Crippen LogP contribution in [0.1, 0.15) is 59.3 Å². The number of alkyl halides is 6. The predicted molar refractivity (Wildman–Crippen MR) is 117 cm³/mol. The molecule has 0 atom stereocenters. The first-order chi connectivity index (χ1) is 10.3. The van der Waals surface area contributed by atoms with Gasteiger partial charge in [-0.2, -0.15) is 0 Å². The van der Waals surface area contributed by atoms with Gasteiger partial charge in [-0.05, 0) is 115 Å². The smallest absolute Gasteiger partial charge is 0.258 e. The van der Waals surface area contributed by atoms with E-state index in [0.717, 1.165) is 19.3 Å². The van der Waals surface area contributed by atoms with Crippen LogP contribution in [0.5, 0.6) is 0 Å². The van der Waals surface area contributed by atoms with Gasteiger partial charge in [-0.1, -0.05) is 40.0 Å². The third kappa shape index (κ3) is 12.1. The summed E-state index contributed by atoms with van der Waals surface area (Å²) in [6.45, 7) is 5.96. The van der Waals surface area contributed by atoms with Crippen molar-refractivity contribution in [2.24, 2.45) is 0 Å². The molecule has 0 spiro atoms. The van der Waals surface area contributed by atoms with Crippen LogP contribution in [-0.2, 0) is 18.1 Å². The number of phosphoric ester groups is 1. The van der Waals surface area contributed by atoms with E-state index >= 15 is 0 Å². The summed E-state index contributed by atoms with van der Waals surface area (Å²) >= 11 is 20.2. The average molecular weight is 740 g/mol. The van der Waals surface area contributed by atoms with Gasteiger partial charge in [0.2, 0.25) is 0 Å². The lowest BCUT2D eigenvalue weighted by Gasteiger charge is -2.33. The minimum absolute atomic E-state index is 0.570. The van der Waals surface area contributed by atoms with Crippen molar-refractivity contribution in [1.29, 1.82) is 0 Å². The van der Waals surface area contributed by atoms with E-state index in [1.165, 1.54) is 0 Å². The highest BCUT2D eigenvalue weighted by molar-refractivity contribution is 9.26. The zero-order chi connectivity index (χ0) is 18.4. The van der Waals surface area contributed by atoms with Gasteiger partial charge in [0.25, 0.3) is 0 Å². The van der Waals surface area contributed by atoms with Crippen LogP contribution in [0.25, 0.3) is 0 Å². The third-order valence-electron chi connectivity index (χ3n) is 2.36. The number of rotatable bonds is 12. The highest BCUT2D eigenvalue weighted by atomic mass is 79.9. The maximum atomic E-state index is 13.2. The summed E-state index contributed by atoms with van der Waals surface area (Å²) in [4.78, 5) is 0. The van der Waals surface area contributed by atoms with E-state index in [4.69, 9.17) is 13.6 Å². The van der Waals surface area contributed by atoms with Gasteiger partial charge in [0.15, 0.2) is 10.3 Å². The second-order valence-electron chi connectivity index (χ2n) is 4.88. The normalized spacial score (nSPS) is 14.3. The molecule has 0 aromatic heterocycles. The number of hydrogen-bond donors (Lipinski definition) is 0. The molecule has 11 heteroatoms. The Bertz CT molecular complexity index is 348. The highest BCUT2D eigenvalue weighted by Gasteiger charge is 2.47. The number of hydrogen-bond acceptors (Lipinski definition) is 4. The first-order valence-electron chi connectivity index (χ1n) is 7.16. The van der Waals surface area contributed by atoms with Crippen LogP contribution in [0.4, 0.5) is 0 Å². The Morgan fingerprint density at radius 3 is 1.04 bits per heavy atom. The summed E-state index contributed by atoms with van der Waals surface area (Å²) < 4.78 is 27.2. The molecule has 0 rings (SSSR count). The molecule has 0 amide bonds. The molecule has 0 saturated heterocycles. The van der Waals surface area contributed by atoms with Crippen LogP contribution < -0.4 is 0 Å². The third-order valence-corrected chi connectivity index (χ3v) is 8.82. The zero-order valence-corrected chi connectivity index (χ0v) is 23.5. The highest BCUT2D eigenvalue weighted by Crippen LogP contribution is 2.65. The molecule has 0 saturated carbocycles. The van der Waals surface area contributed by atoms with Crippen molar-refractivity contribution in [3.8, 4) is 0 Å². The Labute approximate surface area is 189 Å². The van der Waals surface area contributed by atoms with Crippen LogP contribution in [0.2, 0.25) is 0 Å². The van der Waals surface area contributed by atoms with Gasteiger partial charge in [-0.25, -0.2) is 4.57 Å². The summed E-state index contributed by atoms with van der Waals surface area (Å²) in [5.41, 5.74) is 0. The molecule has 4 nitrogen and oxygen atoms in total. The number of phosphoric acid groups is 1. The van der Waals surface area contributed by atoms with Crippen LogP contribution in [0.3, 0.4) is 0 Å². The van der Waals surface area contributed by atoms with E-state index in [1.54, 1.807) is 0 Å². The maximum Gasteiger partial charge on any atom is 0.481 e. The van der Waals surface area contributed by atoms with E-state index in [1.807, 2.05) is 20.8 Å². The molecule has 0 fully saturated rings. The summed E-state index contributed by atoms with van der Waals surface area (Å²) in [5, 5.41) is 0. The second kappa shape index (κ2) is 11.1. The molecule has 0 aliphatic rings. The molecule has 0 N–H and O–H groups in total. The van der Waals surface area contributed by atoms with Gasteiger partial charge in [-0.15, -0.1) is 0 Å². The van der Waals surface area contributed by atoms with Crippen molar-refractivity contribution < 1.29 is 18.1 Å². The molecule has 0 aromatic rings. The van der Waals surface area contributed by atoms with E-state index in [2.05, 4.69) is 95.6 Å². The minimum Gasteiger partial charge on any atom is -0.258 e. The van der Waals surface area contributed by atoms with Crippen molar-refractivity contribution in [2.75, 3.05) is 0 Å². The summed E-state index contributed by atoms with van der Waals surface area (Å²) in [7, 11) is -3.95. The molecule has 140 valence electrons. The quantitative estimate of drug-likeness (QED) is 0.148. The van der Waals surface area contributed by atoms with E-state index in [0.29, 0.717) is 19.3 Å². The van der Waals surface area contributed by atoms with Gasteiger partial charge in [-0.3, -0.25) is 13.6 Å². The van der Waals surface area contributed by atoms with Crippen molar-refractivity contribution in [3.05, 3.63) is 0 Å². The van der Waals surface area contributed by atoms with Crippen LogP contribution in [0.15, 0.2) is 0 Å². The molecule has 0 bridgehead atoms. The minimum atomic E-state index is -3.95. The first kappa shape index (κ1) is 26.0. The van der Waals surface area contributed by atoms with Crippen molar-refractivity contribution in [1.82, 2.24) is 0 Å². The molecular formula is C12H21Br6O4P. The molecule has 0 unspecified atom stereocenters. The fraction of sp³-hybridized carbons (Fsp3) is 1.00. The SMILES string of the molecule is CCCC(Br)(Br)OP(=O)(OC(Br)(Br)CCC)OC(Br)(Br)CCC. The largest absolute Gasteiger partial charge is 0.481 e. The van der Waals surface area contributed by atoms with Crippen LogP contribution in [0, 0.1) is 0 Å². The molecule has 23 heavy (non-hydrogen) atoms. The van der Waals surface area contributed by atoms with Gasteiger partial charge >= 0.3 is 7.82 Å². The lowest BCUT2D eigenvalue weighted by atomic mass is 10.4. The summed E-state index contributed by atoms with van der Waals surface area (Å²) in [6, 6.07) is 0. The van der Waals surface area contributed by atoms with Crippen molar-refractivity contribution >= 4 is 103 Å². The fourth-order valence-corrected chi connectivity index (χ4v) is 8.49. The fourth-order valence-electron chi connectivity index (χ4n) is 1.56. The van der Waals surface area contributed by atoms with Gasteiger partial charge in [0.1, 0.15) is 0 Å². The average Bonchev–Trinajstić information content (AvgIpc) is 2.23. The molecule has 0 heterocycles. The van der Waals surface area contributed by atoms with Crippen molar-refractivity contribution in [2.45, 2.75) is 69.6 Å². The van der Waals surface area contributed by atoms with Crippen LogP contribution in [-0.4, -0.2) is 10.3 Å². The summed E-state index contributed by atoms with van der Waals surface area (Å²) in [6.07, 6.45) is 4.13. The predicted octanol–water partition coefficient (Wildman–Crippen LogP) is 8.88. The Morgan fingerprint density at radius 1 is 0.652 bits per heavy atom. The second-order valence-corrected chi connectivity index (χ2v) is 17.2. The topological polar surface area (TPSA) is 44.8 Å². The maximum absolute atomic E-state index is 13.2. The Balaban J connectivity index is 5.39. The van der Waals surface area contributed by atoms with E-state index in [-0.39, 0.29) is 0 Å². The molecule has 0 radical (unpaired) electrons. The Kier molecular flexibility index (Phi) is 12.5. The number of halogens is 6. The molecule has 0 aliphatic heterocycles. The van der Waals surface area contributed by atoms with Crippen molar-refractivity contribution in [3.63, 3.8) is 0 Å². The lowest BCUT2D eigenvalue weighted by molar-refractivity contribution is 0.0702. The molecule has 0 aromatic carbocycles.